The topological polar surface area (TPSA) is 50.8 Å². The fourth-order valence-electron chi connectivity index (χ4n) is 2.55. The largest absolute Gasteiger partial charge is 0.468 e. The summed E-state index contributed by atoms with van der Waals surface area (Å²) in [6.07, 6.45) is 4.70. The molecule has 0 spiro atoms. The third kappa shape index (κ3) is 6.68. The van der Waals surface area contributed by atoms with Crippen molar-refractivity contribution in [2.45, 2.75) is 57.7 Å². The van der Waals surface area contributed by atoms with Crippen LogP contribution in [0.1, 0.15) is 39.5 Å². The molecule has 1 fully saturated rings. The lowest BCUT2D eigenvalue weighted by atomic mass is 10.1. The van der Waals surface area contributed by atoms with Crippen LogP contribution in [0.2, 0.25) is 0 Å². The minimum absolute atomic E-state index is 0.180. The molecule has 1 aliphatic heterocycles. The Morgan fingerprint density at radius 3 is 2.75 bits per heavy atom. The van der Waals surface area contributed by atoms with Crippen LogP contribution in [0.5, 0.6) is 0 Å². The Morgan fingerprint density at radius 1 is 1.45 bits per heavy atom. The van der Waals surface area contributed by atoms with E-state index in [1.165, 1.54) is 20.0 Å². The molecule has 2 unspecified atom stereocenters. The lowest BCUT2D eigenvalue weighted by Crippen LogP contribution is -2.44. The van der Waals surface area contributed by atoms with E-state index in [0.29, 0.717) is 6.10 Å². The van der Waals surface area contributed by atoms with Crippen LogP contribution < -0.4 is 5.32 Å². The van der Waals surface area contributed by atoms with E-state index in [2.05, 4.69) is 17.3 Å². The maximum absolute atomic E-state index is 11.7. The predicted octanol–water partition coefficient (Wildman–Crippen LogP) is 1.42. The van der Waals surface area contributed by atoms with Crippen molar-refractivity contribution >= 4 is 5.97 Å². The quantitative estimate of drug-likeness (QED) is 0.684. The minimum atomic E-state index is -0.227. The summed E-state index contributed by atoms with van der Waals surface area (Å²) in [7, 11) is 3.53. The highest BCUT2D eigenvalue weighted by molar-refractivity contribution is 5.75. The van der Waals surface area contributed by atoms with Crippen LogP contribution in [0.25, 0.3) is 0 Å². The minimum Gasteiger partial charge on any atom is -0.468 e. The SMILES string of the molecule is COC(=O)C(CCN(C)CC1CCCCO1)NC(C)C. The number of rotatable bonds is 8. The third-order valence-electron chi connectivity index (χ3n) is 3.61. The molecule has 0 aliphatic carbocycles. The summed E-state index contributed by atoms with van der Waals surface area (Å²) in [5.41, 5.74) is 0. The average molecular weight is 286 g/mol. The number of likely N-dealkylation sites (N-methyl/N-ethyl adjacent to an activating group) is 1. The summed E-state index contributed by atoms with van der Waals surface area (Å²) in [6, 6.07) is 0.0424. The van der Waals surface area contributed by atoms with Gasteiger partial charge in [0.25, 0.3) is 0 Å². The van der Waals surface area contributed by atoms with Gasteiger partial charge in [-0.1, -0.05) is 13.8 Å². The molecule has 2 atom stereocenters. The van der Waals surface area contributed by atoms with E-state index in [-0.39, 0.29) is 18.1 Å². The second kappa shape index (κ2) is 9.32. The molecule has 0 aromatic rings. The first-order valence-corrected chi connectivity index (χ1v) is 7.67. The van der Waals surface area contributed by atoms with Crippen LogP contribution >= 0.6 is 0 Å². The zero-order valence-electron chi connectivity index (χ0n) is 13.4. The molecule has 1 N–H and O–H groups in total. The highest BCUT2D eigenvalue weighted by Crippen LogP contribution is 2.13. The smallest absolute Gasteiger partial charge is 0.322 e. The molecule has 5 heteroatoms. The van der Waals surface area contributed by atoms with Crippen LogP contribution in [0.3, 0.4) is 0 Å². The van der Waals surface area contributed by atoms with Crippen molar-refractivity contribution in [2.24, 2.45) is 0 Å². The summed E-state index contributed by atoms with van der Waals surface area (Å²) in [6.45, 7) is 6.76. The van der Waals surface area contributed by atoms with Gasteiger partial charge in [-0.15, -0.1) is 0 Å². The van der Waals surface area contributed by atoms with Gasteiger partial charge in [-0.3, -0.25) is 4.79 Å². The Bertz CT molecular complexity index is 278. The van der Waals surface area contributed by atoms with Crippen LogP contribution in [0.4, 0.5) is 0 Å². The maximum Gasteiger partial charge on any atom is 0.322 e. The number of nitrogens with one attached hydrogen (secondary N) is 1. The number of carbonyl (C=O) groups is 1. The van der Waals surface area contributed by atoms with Gasteiger partial charge >= 0.3 is 5.97 Å². The highest BCUT2D eigenvalue weighted by atomic mass is 16.5. The molecule has 1 aliphatic rings. The molecule has 0 radical (unpaired) electrons. The molecule has 0 bridgehead atoms. The van der Waals surface area contributed by atoms with Crippen molar-refractivity contribution in [1.29, 1.82) is 0 Å². The number of hydrogen-bond acceptors (Lipinski definition) is 5. The van der Waals surface area contributed by atoms with Gasteiger partial charge in [0, 0.05) is 19.2 Å². The molecule has 1 heterocycles. The number of hydrogen-bond donors (Lipinski definition) is 1. The summed E-state index contributed by atoms with van der Waals surface area (Å²) >= 11 is 0. The van der Waals surface area contributed by atoms with Gasteiger partial charge in [-0.05, 0) is 39.3 Å². The Balaban J connectivity index is 2.31. The first-order chi connectivity index (χ1) is 9.52. The van der Waals surface area contributed by atoms with E-state index in [0.717, 1.165) is 32.5 Å². The molecule has 0 saturated carbocycles. The van der Waals surface area contributed by atoms with Crippen LogP contribution in [0, 0.1) is 0 Å². The first-order valence-electron chi connectivity index (χ1n) is 7.67. The van der Waals surface area contributed by atoms with Crippen molar-refractivity contribution in [1.82, 2.24) is 10.2 Å². The zero-order valence-corrected chi connectivity index (χ0v) is 13.4. The van der Waals surface area contributed by atoms with Gasteiger partial charge in [-0.2, -0.15) is 0 Å². The Hall–Kier alpha value is -0.650. The molecule has 20 heavy (non-hydrogen) atoms. The van der Waals surface area contributed by atoms with E-state index >= 15 is 0 Å². The van der Waals surface area contributed by atoms with Gasteiger partial charge in [0.2, 0.25) is 0 Å². The number of methoxy groups -OCH3 is 1. The molecule has 0 amide bonds. The molecular formula is C15H30N2O3. The Labute approximate surface area is 123 Å². The van der Waals surface area contributed by atoms with E-state index < -0.39 is 0 Å². The van der Waals surface area contributed by atoms with Crippen LogP contribution in [0.15, 0.2) is 0 Å². The molecule has 1 saturated heterocycles. The second-order valence-corrected chi connectivity index (χ2v) is 5.94. The number of ether oxygens (including phenoxy) is 2. The predicted molar refractivity (Wildman–Crippen MR) is 79.8 cm³/mol. The van der Waals surface area contributed by atoms with Gasteiger partial charge in [0.1, 0.15) is 6.04 Å². The van der Waals surface area contributed by atoms with Crippen molar-refractivity contribution in [3.8, 4) is 0 Å². The van der Waals surface area contributed by atoms with E-state index in [1.54, 1.807) is 0 Å². The summed E-state index contributed by atoms with van der Waals surface area (Å²) < 4.78 is 10.6. The third-order valence-corrected chi connectivity index (χ3v) is 3.61. The number of esters is 1. The standard InChI is InChI=1S/C15H30N2O3/c1-12(2)16-14(15(18)19-4)8-9-17(3)11-13-7-5-6-10-20-13/h12-14,16H,5-11H2,1-4H3. The van der Waals surface area contributed by atoms with Gasteiger partial charge < -0.3 is 19.7 Å². The molecule has 118 valence electrons. The average Bonchev–Trinajstić information content (AvgIpc) is 2.43. The summed E-state index contributed by atoms with van der Waals surface area (Å²) in [4.78, 5) is 14.0. The lowest BCUT2D eigenvalue weighted by Gasteiger charge is -2.28. The van der Waals surface area contributed by atoms with E-state index in [1.807, 2.05) is 13.8 Å². The Kier molecular flexibility index (Phi) is 8.11. The van der Waals surface area contributed by atoms with Crippen molar-refractivity contribution in [3.63, 3.8) is 0 Å². The fourth-order valence-corrected chi connectivity index (χ4v) is 2.55. The first kappa shape index (κ1) is 17.4. The number of carbonyl (C=O) groups excluding carboxylic acids is 1. The van der Waals surface area contributed by atoms with Crippen LogP contribution in [-0.4, -0.2) is 62.9 Å². The molecule has 0 aromatic carbocycles. The van der Waals surface area contributed by atoms with Crippen molar-refractivity contribution < 1.29 is 14.3 Å². The summed E-state index contributed by atoms with van der Waals surface area (Å²) in [5, 5.41) is 3.26. The van der Waals surface area contributed by atoms with Crippen LogP contribution in [-0.2, 0) is 14.3 Å². The highest BCUT2D eigenvalue weighted by Gasteiger charge is 2.21. The number of nitrogens with zero attached hydrogens (tertiary/aromatic N) is 1. The second-order valence-electron chi connectivity index (χ2n) is 5.94. The molecule has 1 rings (SSSR count). The lowest BCUT2D eigenvalue weighted by molar-refractivity contribution is -0.143. The molecular weight excluding hydrogens is 256 g/mol. The van der Waals surface area contributed by atoms with Crippen molar-refractivity contribution in [3.05, 3.63) is 0 Å². The van der Waals surface area contributed by atoms with Gasteiger partial charge in [0.15, 0.2) is 0 Å². The summed E-state index contributed by atoms with van der Waals surface area (Å²) in [5.74, 6) is -0.180. The van der Waals surface area contributed by atoms with Gasteiger partial charge in [0.05, 0.1) is 13.2 Å². The normalized spacial score (nSPS) is 21.2. The van der Waals surface area contributed by atoms with Crippen molar-refractivity contribution in [2.75, 3.05) is 33.9 Å². The fraction of sp³-hybridized carbons (Fsp3) is 0.933. The zero-order chi connectivity index (χ0) is 15.0. The molecule has 5 nitrogen and oxygen atoms in total. The monoisotopic (exact) mass is 286 g/mol. The Morgan fingerprint density at radius 2 is 2.20 bits per heavy atom. The molecule has 0 aromatic heterocycles. The maximum atomic E-state index is 11.7. The van der Waals surface area contributed by atoms with E-state index in [9.17, 15) is 4.79 Å². The van der Waals surface area contributed by atoms with E-state index in [4.69, 9.17) is 9.47 Å². The van der Waals surface area contributed by atoms with Gasteiger partial charge in [-0.25, -0.2) is 0 Å².